The Hall–Kier alpha value is -1.31. The highest BCUT2D eigenvalue weighted by Gasteiger charge is 2.05. The Labute approximate surface area is 78.5 Å². The highest BCUT2D eigenvalue weighted by atomic mass is 16.5. The highest BCUT2D eigenvalue weighted by molar-refractivity contribution is 5.50. The molecule has 1 aromatic carbocycles. The second-order valence-corrected chi connectivity index (χ2v) is 2.79. The van der Waals surface area contributed by atoms with Crippen LogP contribution in [-0.2, 0) is 17.6 Å². The number of carbonyl (C=O) groups excluding carboxylic acids is 1. The van der Waals surface area contributed by atoms with Crippen LogP contribution < -0.4 is 4.74 Å². The minimum absolute atomic E-state index is 0.636. The van der Waals surface area contributed by atoms with E-state index in [0.717, 1.165) is 18.4 Å². The first-order valence-corrected chi connectivity index (χ1v) is 4.48. The van der Waals surface area contributed by atoms with Crippen molar-refractivity contribution in [2.24, 2.45) is 0 Å². The van der Waals surface area contributed by atoms with Gasteiger partial charge < -0.3 is 4.74 Å². The number of hydrogen-bond acceptors (Lipinski definition) is 2. The molecule has 0 atom stereocenters. The smallest absolute Gasteiger partial charge is 0.418 e. The average Bonchev–Trinajstić information content (AvgIpc) is 2.18. The van der Waals surface area contributed by atoms with Crippen LogP contribution in [0.1, 0.15) is 25.0 Å². The molecule has 0 bridgehead atoms. The summed E-state index contributed by atoms with van der Waals surface area (Å²) in [6, 6.07) is 5.74. The van der Waals surface area contributed by atoms with Gasteiger partial charge >= 0.3 is 6.47 Å². The molecule has 0 aliphatic carbocycles. The van der Waals surface area contributed by atoms with Crippen LogP contribution in [0, 0.1) is 0 Å². The molecule has 0 aliphatic rings. The molecule has 69 valence electrons. The molecule has 0 unspecified atom stereocenters. The fourth-order valence-electron chi connectivity index (χ4n) is 1.48. The Morgan fingerprint density at radius 3 is 2.62 bits per heavy atom. The van der Waals surface area contributed by atoms with E-state index in [-0.39, 0.29) is 0 Å². The third-order valence-electron chi connectivity index (χ3n) is 2.12. The Bertz CT molecular complexity index is 292. The van der Waals surface area contributed by atoms with Crippen molar-refractivity contribution in [3.63, 3.8) is 0 Å². The molecule has 2 heteroatoms. The summed E-state index contributed by atoms with van der Waals surface area (Å²) in [5, 5.41) is 0. The van der Waals surface area contributed by atoms with Crippen molar-refractivity contribution in [3.05, 3.63) is 29.3 Å². The highest BCUT2D eigenvalue weighted by Crippen LogP contribution is 2.22. The molecule has 13 heavy (non-hydrogen) atoms. The van der Waals surface area contributed by atoms with E-state index in [9.17, 15) is 4.79 Å². The maximum atomic E-state index is 10.1. The van der Waals surface area contributed by atoms with E-state index in [1.807, 2.05) is 13.0 Å². The van der Waals surface area contributed by atoms with E-state index in [1.54, 1.807) is 6.07 Å². The van der Waals surface area contributed by atoms with Crippen molar-refractivity contribution in [1.82, 2.24) is 0 Å². The van der Waals surface area contributed by atoms with Crippen LogP contribution in [0.25, 0.3) is 0 Å². The summed E-state index contributed by atoms with van der Waals surface area (Å²) in [6.07, 6.45) is 1.83. The zero-order valence-corrected chi connectivity index (χ0v) is 7.96. The van der Waals surface area contributed by atoms with Crippen molar-refractivity contribution < 1.29 is 9.53 Å². The van der Waals surface area contributed by atoms with E-state index >= 15 is 0 Å². The monoisotopic (exact) mass is 177 g/mol. The first-order chi connectivity index (χ1) is 6.33. The molecule has 0 aromatic heterocycles. The van der Waals surface area contributed by atoms with Gasteiger partial charge in [-0.25, -0.2) is 4.79 Å². The van der Waals surface area contributed by atoms with E-state index in [0.29, 0.717) is 5.75 Å². The molecule has 1 radical (unpaired) electrons. The van der Waals surface area contributed by atoms with Gasteiger partial charge in [-0.15, -0.1) is 0 Å². The molecule has 0 amide bonds. The lowest BCUT2D eigenvalue weighted by molar-refractivity contribution is 0.439. The van der Waals surface area contributed by atoms with Crippen molar-refractivity contribution in [2.75, 3.05) is 0 Å². The Balaban J connectivity index is 3.10. The van der Waals surface area contributed by atoms with Crippen LogP contribution in [-0.4, -0.2) is 6.47 Å². The second kappa shape index (κ2) is 4.65. The summed E-state index contributed by atoms with van der Waals surface area (Å²) in [4.78, 5) is 10.1. The third kappa shape index (κ3) is 2.08. The molecular formula is C11H13O2. The van der Waals surface area contributed by atoms with Gasteiger partial charge in [0.25, 0.3) is 0 Å². The molecule has 0 saturated heterocycles. The van der Waals surface area contributed by atoms with Gasteiger partial charge in [0.15, 0.2) is 0 Å². The third-order valence-corrected chi connectivity index (χ3v) is 2.12. The maximum absolute atomic E-state index is 10.1. The van der Waals surface area contributed by atoms with Gasteiger partial charge in [0.2, 0.25) is 0 Å². The van der Waals surface area contributed by atoms with Gasteiger partial charge in [0.05, 0.1) is 0 Å². The first kappa shape index (κ1) is 9.78. The zero-order valence-electron chi connectivity index (χ0n) is 7.96. The summed E-state index contributed by atoms with van der Waals surface area (Å²) < 4.78 is 4.76. The van der Waals surface area contributed by atoms with Crippen molar-refractivity contribution in [2.45, 2.75) is 26.7 Å². The molecule has 0 aliphatic heterocycles. The predicted molar refractivity (Wildman–Crippen MR) is 51.5 cm³/mol. The quantitative estimate of drug-likeness (QED) is 0.705. The largest absolute Gasteiger partial charge is 0.423 e. The normalized spacial score (nSPS) is 9.69. The molecule has 0 fully saturated rings. The van der Waals surface area contributed by atoms with Crippen LogP contribution in [0.3, 0.4) is 0 Å². The van der Waals surface area contributed by atoms with Gasteiger partial charge in [-0.05, 0) is 30.0 Å². The summed E-state index contributed by atoms with van der Waals surface area (Å²) in [6.45, 7) is 5.59. The minimum Gasteiger partial charge on any atom is -0.418 e. The Morgan fingerprint density at radius 1 is 1.31 bits per heavy atom. The van der Waals surface area contributed by atoms with Gasteiger partial charge in [0.1, 0.15) is 5.75 Å². The van der Waals surface area contributed by atoms with Crippen LogP contribution in [0.4, 0.5) is 0 Å². The molecule has 1 aromatic rings. The van der Waals surface area contributed by atoms with Crippen molar-refractivity contribution >= 4 is 6.47 Å². The van der Waals surface area contributed by atoms with Crippen molar-refractivity contribution in [1.29, 1.82) is 0 Å². The van der Waals surface area contributed by atoms with E-state index < -0.39 is 0 Å². The molecule has 0 heterocycles. The van der Waals surface area contributed by atoms with Crippen LogP contribution in [0.15, 0.2) is 18.2 Å². The van der Waals surface area contributed by atoms with Gasteiger partial charge in [-0.1, -0.05) is 26.0 Å². The van der Waals surface area contributed by atoms with Gasteiger partial charge in [-0.3, -0.25) is 0 Å². The van der Waals surface area contributed by atoms with Crippen LogP contribution in [0.2, 0.25) is 0 Å². The zero-order chi connectivity index (χ0) is 9.68. The Kier molecular flexibility index (Phi) is 3.50. The molecule has 2 nitrogen and oxygen atoms in total. The standard InChI is InChI=1S/C11H13O2/c1-3-9-6-5-7-11(13-8-12)10(9)4-2/h5-7H,3-4H2,1-2H3. The van der Waals surface area contributed by atoms with E-state index in [4.69, 9.17) is 4.74 Å². The molecule has 1 rings (SSSR count). The Morgan fingerprint density at radius 2 is 2.08 bits per heavy atom. The predicted octanol–water partition coefficient (Wildman–Crippen LogP) is 2.26. The summed E-state index contributed by atoms with van der Waals surface area (Å²) in [5.74, 6) is 0.636. The summed E-state index contributed by atoms with van der Waals surface area (Å²) in [5.41, 5.74) is 2.34. The fourth-order valence-corrected chi connectivity index (χ4v) is 1.48. The fraction of sp³-hybridized carbons (Fsp3) is 0.364. The SMILES string of the molecule is CCc1cccc(O[C]=O)c1CC. The molecule has 0 spiro atoms. The number of benzene rings is 1. The second-order valence-electron chi connectivity index (χ2n) is 2.79. The summed E-state index contributed by atoms with van der Waals surface area (Å²) >= 11 is 0. The maximum Gasteiger partial charge on any atom is 0.423 e. The molecule has 0 saturated carbocycles. The number of rotatable bonds is 4. The molecule has 0 N–H and O–H groups in total. The van der Waals surface area contributed by atoms with Gasteiger partial charge in [-0.2, -0.15) is 0 Å². The number of aryl methyl sites for hydroxylation is 1. The first-order valence-electron chi connectivity index (χ1n) is 4.48. The van der Waals surface area contributed by atoms with Crippen LogP contribution >= 0.6 is 0 Å². The number of hydrogen-bond donors (Lipinski definition) is 0. The topological polar surface area (TPSA) is 26.3 Å². The lowest BCUT2D eigenvalue weighted by Crippen LogP contribution is -1.97. The lowest BCUT2D eigenvalue weighted by atomic mass is 10.0. The van der Waals surface area contributed by atoms with Crippen LogP contribution in [0.5, 0.6) is 5.75 Å². The summed E-state index contributed by atoms with van der Waals surface area (Å²) in [7, 11) is 0. The van der Waals surface area contributed by atoms with Gasteiger partial charge in [0, 0.05) is 0 Å². The minimum atomic E-state index is 0.636. The van der Waals surface area contributed by atoms with E-state index in [2.05, 4.69) is 13.0 Å². The average molecular weight is 177 g/mol. The van der Waals surface area contributed by atoms with Crippen molar-refractivity contribution in [3.8, 4) is 5.75 Å². The van der Waals surface area contributed by atoms with E-state index in [1.165, 1.54) is 12.0 Å². The number of ether oxygens (including phenoxy) is 1. The molecular weight excluding hydrogens is 164 g/mol. The lowest BCUT2D eigenvalue weighted by Gasteiger charge is -2.08.